The van der Waals surface area contributed by atoms with Crippen LogP contribution in [0.1, 0.15) is 18.4 Å². The summed E-state index contributed by atoms with van der Waals surface area (Å²) in [7, 11) is 0. The predicted octanol–water partition coefficient (Wildman–Crippen LogP) is 2.58. The zero-order valence-corrected chi connectivity index (χ0v) is 11.7. The number of likely N-dealkylation sites (tertiary alicyclic amines) is 1. The molecule has 0 spiro atoms. The van der Waals surface area contributed by atoms with E-state index in [1.807, 2.05) is 35.6 Å². The van der Waals surface area contributed by atoms with E-state index < -0.39 is 12.1 Å². The first-order chi connectivity index (χ1) is 9.95. The Balaban J connectivity index is 1.80. The fourth-order valence-electron chi connectivity index (χ4n) is 2.64. The molecule has 0 aromatic heterocycles. The maximum atomic E-state index is 12.1. The number of alkyl halides is 3. The number of carbonyl (C=O) groups excluding carboxylic acids is 1. The third kappa shape index (κ3) is 5.04. The Morgan fingerprint density at radius 2 is 2.00 bits per heavy atom. The number of amides is 1. The Labute approximate surface area is 122 Å². The maximum absolute atomic E-state index is 12.1. The molecule has 6 heteroatoms. The van der Waals surface area contributed by atoms with Gasteiger partial charge in [-0.15, -0.1) is 0 Å². The monoisotopic (exact) mass is 300 g/mol. The summed E-state index contributed by atoms with van der Waals surface area (Å²) in [6, 6.07) is 9.97. The number of hydrogen-bond donors (Lipinski definition) is 1. The Morgan fingerprint density at radius 1 is 1.29 bits per heavy atom. The van der Waals surface area contributed by atoms with Crippen LogP contribution in [0.5, 0.6) is 0 Å². The molecule has 2 rings (SSSR count). The average Bonchev–Trinajstić information content (AvgIpc) is 2.45. The first kappa shape index (κ1) is 15.8. The molecule has 1 fully saturated rings. The van der Waals surface area contributed by atoms with E-state index in [0.717, 1.165) is 25.9 Å². The lowest BCUT2D eigenvalue weighted by Crippen LogP contribution is -2.44. The lowest BCUT2D eigenvalue weighted by atomic mass is 9.97. The molecule has 21 heavy (non-hydrogen) atoms. The van der Waals surface area contributed by atoms with Crippen molar-refractivity contribution in [1.82, 2.24) is 10.2 Å². The lowest BCUT2D eigenvalue weighted by molar-refractivity contribution is -0.173. The third-order valence-electron chi connectivity index (χ3n) is 3.66. The summed E-state index contributed by atoms with van der Waals surface area (Å²) in [5, 5.41) is 1.99. The van der Waals surface area contributed by atoms with Crippen LogP contribution in [0.2, 0.25) is 0 Å². The van der Waals surface area contributed by atoms with Crippen LogP contribution in [0.3, 0.4) is 0 Å². The Kier molecular flexibility index (Phi) is 5.22. The van der Waals surface area contributed by atoms with Gasteiger partial charge in [-0.3, -0.25) is 9.69 Å². The van der Waals surface area contributed by atoms with Crippen LogP contribution in [0, 0.1) is 5.92 Å². The van der Waals surface area contributed by atoms with Crippen molar-refractivity contribution in [3.63, 3.8) is 0 Å². The van der Waals surface area contributed by atoms with Crippen molar-refractivity contribution in [1.29, 1.82) is 0 Å². The second-order valence-corrected chi connectivity index (χ2v) is 5.44. The molecule has 0 aliphatic carbocycles. The molecule has 1 aliphatic heterocycles. The largest absolute Gasteiger partial charge is 0.471 e. The summed E-state index contributed by atoms with van der Waals surface area (Å²) in [4.78, 5) is 13.1. The Bertz CT molecular complexity index is 462. The van der Waals surface area contributed by atoms with Crippen molar-refractivity contribution in [2.45, 2.75) is 25.6 Å². The van der Waals surface area contributed by atoms with Crippen LogP contribution in [-0.4, -0.2) is 36.6 Å². The second-order valence-electron chi connectivity index (χ2n) is 5.44. The number of hydrogen-bond acceptors (Lipinski definition) is 2. The van der Waals surface area contributed by atoms with Crippen molar-refractivity contribution in [2.24, 2.45) is 5.92 Å². The standard InChI is InChI=1S/C15H19F3N2O/c16-15(17,18)14(21)19-9-13-7-4-8-20(11-13)10-12-5-2-1-3-6-12/h1-3,5-6,13H,4,7-11H2,(H,19,21). The van der Waals surface area contributed by atoms with Crippen LogP contribution >= 0.6 is 0 Å². The lowest BCUT2D eigenvalue weighted by Gasteiger charge is -2.32. The van der Waals surface area contributed by atoms with Gasteiger partial charge in [0.1, 0.15) is 0 Å². The van der Waals surface area contributed by atoms with Crippen molar-refractivity contribution in [3.05, 3.63) is 35.9 Å². The molecule has 0 bridgehead atoms. The van der Waals surface area contributed by atoms with Gasteiger partial charge in [-0.25, -0.2) is 0 Å². The van der Waals surface area contributed by atoms with Crippen LogP contribution in [0.4, 0.5) is 13.2 Å². The van der Waals surface area contributed by atoms with Gasteiger partial charge in [-0.2, -0.15) is 13.2 Å². The molecule has 0 saturated carbocycles. The third-order valence-corrected chi connectivity index (χ3v) is 3.66. The van der Waals surface area contributed by atoms with Crippen LogP contribution < -0.4 is 5.32 Å². The molecule has 1 N–H and O–H groups in total. The van der Waals surface area contributed by atoms with E-state index in [0.29, 0.717) is 6.54 Å². The van der Waals surface area contributed by atoms with Gasteiger partial charge in [-0.1, -0.05) is 30.3 Å². The molecule has 1 aromatic rings. The van der Waals surface area contributed by atoms with Crippen LogP contribution in [0.25, 0.3) is 0 Å². The summed E-state index contributed by atoms with van der Waals surface area (Å²) in [6.45, 7) is 2.54. The van der Waals surface area contributed by atoms with Gasteiger partial charge in [0.15, 0.2) is 0 Å². The second kappa shape index (κ2) is 6.93. The van der Waals surface area contributed by atoms with E-state index in [4.69, 9.17) is 0 Å². The van der Waals surface area contributed by atoms with E-state index >= 15 is 0 Å². The molecule has 116 valence electrons. The van der Waals surface area contributed by atoms with Gasteiger partial charge >= 0.3 is 12.1 Å². The van der Waals surface area contributed by atoms with Gasteiger partial charge < -0.3 is 5.32 Å². The highest BCUT2D eigenvalue weighted by Crippen LogP contribution is 2.19. The van der Waals surface area contributed by atoms with Gasteiger partial charge in [0.2, 0.25) is 0 Å². The molecule has 1 amide bonds. The first-order valence-corrected chi connectivity index (χ1v) is 7.06. The van der Waals surface area contributed by atoms with Crippen molar-refractivity contribution in [2.75, 3.05) is 19.6 Å². The fourth-order valence-corrected chi connectivity index (χ4v) is 2.64. The molecule has 1 aromatic carbocycles. The molecule has 1 aliphatic rings. The molecule has 1 atom stereocenters. The average molecular weight is 300 g/mol. The summed E-state index contributed by atoms with van der Waals surface area (Å²) < 4.78 is 36.4. The maximum Gasteiger partial charge on any atom is 0.471 e. The number of nitrogens with zero attached hydrogens (tertiary/aromatic N) is 1. The summed E-state index contributed by atoms with van der Waals surface area (Å²) in [5.74, 6) is -1.77. The molecular formula is C15H19F3N2O. The molecule has 3 nitrogen and oxygen atoms in total. The van der Waals surface area contributed by atoms with E-state index in [2.05, 4.69) is 4.90 Å². The van der Waals surface area contributed by atoms with E-state index in [9.17, 15) is 18.0 Å². The van der Waals surface area contributed by atoms with Crippen molar-refractivity contribution >= 4 is 5.91 Å². The zero-order valence-electron chi connectivity index (χ0n) is 11.7. The highest BCUT2D eigenvalue weighted by Gasteiger charge is 2.38. The van der Waals surface area contributed by atoms with Crippen LogP contribution in [-0.2, 0) is 11.3 Å². The number of carbonyl (C=O) groups is 1. The zero-order chi connectivity index (χ0) is 15.3. The van der Waals surface area contributed by atoms with Gasteiger partial charge in [0.05, 0.1) is 0 Å². The molecule has 1 heterocycles. The number of benzene rings is 1. The van der Waals surface area contributed by atoms with E-state index in [1.165, 1.54) is 5.56 Å². The van der Waals surface area contributed by atoms with Crippen LogP contribution in [0.15, 0.2) is 30.3 Å². The number of piperidine rings is 1. The summed E-state index contributed by atoms with van der Waals surface area (Å²) in [5.41, 5.74) is 1.19. The minimum Gasteiger partial charge on any atom is -0.348 e. The Morgan fingerprint density at radius 3 is 2.67 bits per heavy atom. The molecule has 1 saturated heterocycles. The smallest absolute Gasteiger partial charge is 0.348 e. The van der Waals surface area contributed by atoms with Gasteiger partial charge in [-0.05, 0) is 30.9 Å². The normalized spacial score (nSPS) is 20.2. The van der Waals surface area contributed by atoms with E-state index in [1.54, 1.807) is 0 Å². The van der Waals surface area contributed by atoms with Gasteiger partial charge in [0.25, 0.3) is 0 Å². The molecule has 1 unspecified atom stereocenters. The number of halogens is 3. The first-order valence-electron chi connectivity index (χ1n) is 7.06. The fraction of sp³-hybridized carbons (Fsp3) is 0.533. The van der Waals surface area contributed by atoms with Crippen molar-refractivity contribution in [3.8, 4) is 0 Å². The molecular weight excluding hydrogens is 281 g/mol. The number of rotatable bonds is 4. The number of nitrogens with one attached hydrogen (secondary N) is 1. The highest BCUT2D eigenvalue weighted by molar-refractivity contribution is 5.81. The quantitative estimate of drug-likeness (QED) is 0.927. The Hall–Kier alpha value is -1.56. The minimum atomic E-state index is -4.79. The SMILES string of the molecule is O=C(NCC1CCCN(Cc2ccccc2)C1)C(F)(F)F. The summed E-state index contributed by atoms with van der Waals surface area (Å²) in [6.07, 6.45) is -3.00. The van der Waals surface area contributed by atoms with Crippen molar-refractivity contribution < 1.29 is 18.0 Å². The minimum absolute atomic E-state index is 0.0776. The van der Waals surface area contributed by atoms with Gasteiger partial charge in [0, 0.05) is 19.6 Å². The molecule has 0 radical (unpaired) electrons. The predicted molar refractivity (Wildman–Crippen MR) is 73.5 cm³/mol. The van der Waals surface area contributed by atoms with E-state index in [-0.39, 0.29) is 12.5 Å². The highest BCUT2D eigenvalue weighted by atomic mass is 19.4. The summed E-state index contributed by atoms with van der Waals surface area (Å²) >= 11 is 0. The topological polar surface area (TPSA) is 32.3 Å².